The van der Waals surface area contributed by atoms with Gasteiger partial charge in [0.25, 0.3) is 0 Å². The van der Waals surface area contributed by atoms with Gasteiger partial charge in [-0.3, -0.25) is 9.69 Å². The Balaban J connectivity index is 2.09. The van der Waals surface area contributed by atoms with Gasteiger partial charge in [0.1, 0.15) is 0 Å². The van der Waals surface area contributed by atoms with Gasteiger partial charge in [0.2, 0.25) is 0 Å². The zero-order chi connectivity index (χ0) is 14.5. The molecule has 1 aliphatic heterocycles. The molecule has 1 aliphatic rings. The molecule has 1 saturated heterocycles. The molecule has 20 heavy (non-hydrogen) atoms. The Morgan fingerprint density at radius 2 is 2.10 bits per heavy atom. The molecule has 0 radical (unpaired) electrons. The number of rotatable bonds is 5. The Bertz CT molecular complexity index is 444. The first-order valence-electron chi connectivity index (χ1n) is 7.30. The van der Waals surface area contributed by atoms with Crippen LogP contribution in [-0.4, -0.2) is 41.0 Å². The molecule has 0 bridgehead atoms. The van der Waals surface area contributed by atoms with Crippen molar-refractivity contribution in [2.75, 3.05) is 13.2 Å². The summed E-state index contributed by atoms with van der Waals surface area (Å²) in [5, 5.41) is 9.19. The number of Topliss-reactive ketones (excluding diaryl/α,β-unsaturated/α-hetero) is 1. The molecule has 1 aromatic carbocycles. The van der Waals surface area contributed by atoms with Crippen molar-refractivity contribution < 1.29 is 9.90 Å². The van der Waals surface area contributed by atoms with E-state index in [1.807, 2.05) is 31.2 Å². The lowest BCUT2D eigenvalue weighted by Gasteiger charge is -2.39. The molecule has 2 unspecified atom stereocenters. The van der Waals surface area contributed by atoms with E-state index in [1.54, 1.807) is 0 Å². The lowest BCUT2D eigenvalue weighted by molar-refractivity contribution is 0.0604. The number of hydrogen-bond donors (Lipinski definition) is 1. The lowest BCUT2D eigenvalue weighted by Crippen LogP contribution is -2.48. The summed E-state index contributed by atoms with van der Waals surface area (Å²) < 4.78 is 0.984. The van der Waals surface area contributed by atoms with Crippen molar-refractivity contribution in [2.24, 2.45) is 0 Å². The summed E-state index contributed by atoms with van der Waals surface area (Å²) in [6.45, 7) is 3.13. The molecule has 3 nitrogen and oxygen atoms in total. The van der Waals surface area contributed by atoms with E-state index in [0.29, 0.717) is 6.04 Å². The molecule has 1 N–H and O–H groups in total. The fourth-order valence-electron chi connectivity index (χ4n) is 3.00. The molecule has 0 amide bonds. The molecule has 0 spiro atoms. The third-order valence-electron chi connectivity index (χ3n) is 4.14. The van der Waals surface area contributed by atoms with E-state index in [9.17, 15) is 9.90 Å². The summed E-state index contributed by atoms with van der Waals surface area (Å²) in [5.41, 5.74) is 0.758. The molecule has 0 saturated carbocycles. The number of carbonyl (C=O) groups is 1. The molecule has 1 heterocycles. The van der Waals surface area contributed by atoms with Crippen LogP contribution >= 0.6 is 15.9 Å². The largest absolute Gasteiger partial charge is 0.396 e. The quantitative estimate of drug-likeness (QED) is 0.837. The molecule has 110 valence electrons. The molecule has 0 aliphatic carbocycles. The van der Waals surface area contributed by atoms with Gasteiger partial charge in [-0.05, 0) is 44.9 Å². The number of hydrogen-bond acceptors (Lipinski definition) is 3. The fraction of sp³-hybridized carbons (Fsp3) is 0.562. The van der Waals surface area contributed by atoms with E-state index < -0.39 is 0 Å². The average Bonchev–Trinajstić information content (AvgIpc) is 2.47. The number of carbonyl (C=O) groups excluding carboxylic acids is 1. The Morgan fingerprint density at radius 3 is 2.75 bits per heavy atom. The van der Waals surface area contributed by atoms with Gasteiger partial charge in [-0.1, -0.05) is 34.5 Å². The van der Waals surface area contributed by atoms with Crippen molar-refractivity contribution in [1.29, 1.82) is 0 Å². The van der Waals surface area contributed by atoms with Gasteiger partial charge in [0, 0.05) is 22.7 Å². The van der Waals surface area contributed by atoms with Crippen molar-refractivity contribution >= 4 is 21.7 Å². The summed E-state index contributed by atoms with van der Waals surface area (Å²) in [7, 11) is 0. The summed E-state index contributed by atoms with van der Waals surface area (Å²) in [4.78, 5) is 14.9. The molecular formula is C16H22BrNO2. The number of benzene rings is 1. The Hall–Kier alpha value is -0.710. The van der Waals surface area contributed by atoms with Gasteiger partial charge < -0.3 is 5.11 Å². The number of halogens is 1. The highest BCUT2D eigenvalue weighted by Crippen LogP contribution is 2.24. The minimum absolute atomic E-state index is 0.118. The zero-order valence-corrected chi connectivity index (χ0v) is 13.5. The summed E-state index contributed by atoms with van der Waals surface area (Å²) >= 11 is 3.39. The first-order valence-corrected chi connectivity index (χ1v) is 8.09. The Kier molecular flexibility index (Phi) is 5.75. The summed E-state index contributed by atoms with van der Waals surface area (Å²) in [6, 6.07) is 7.76. The second-order valence-corrected chi connectivity index (χ2v) is 6.36. The van der Waals surface area contributed by atoms with E-state index in [0.717, 1.165) is 35.8 Å². The van der Waals surface area contributed by atoms with Gasteiger partial charge in [0.15, 0.2) is 5.78 Å². The predicted molar refractivity (Wildman–Crippen MR) is 84.0 cm³/mol. The maximum Gasteiger partial charge on any atom is 0.179 e. The van der Waals surface area contributed by atoms with E-state index in [4.69, 9.17) is 0 Å². The molecule has 0 aromatic heterocycles. The molecule has 1 fully saturated rings. The number of aliphatic hydroxyl groups is 1. The van der Waals surface area contributed by atoms with Gasteiger partial charge in [-0.2, -0.15) is 0 Å². The molecule has 1 aromatic rings. The van der Waals surface area contributed by atoms with E-state index in [-0.39, 0.29) is 18.4 Å². The second-order valence-electron chi connectivity index (χ2n) is 5.45. The standard InChI is InChI=1S/C16H22BrNO2/c1-12(16(20)13-5-7-14(17)8-6-13)18-10-3-2-4-15(18)9-11-19/h5-8,12,15,19H,2-4,9-11H2,1H3. The highest BCUT2D eigenvalue weighted by atomic mass is 79.9. The fourth-order valence-corrected chi connectivity index (χ4v) is 3.26. The Labute approximate surface area is 129 Å². The van der Waals surface area contributed by atoms with Crippen LogP contribution in [0.2, 0.25) is 0 Å². The van der Waals surface area contributed by atoms with Crippen LogP contribution in [0.3, 0.4) is 0 Å². The van der Waals surface area contributed by atoms with Gasteiger partial charge in [-0.25, -0.2) is 0 Å². The second kappa shape index (κ2) is 7.34. The first-order chi connectivity index (χ1) is 9.63. The van der Waals surface area contributed by atoms with Crippen molar-refractivity contribution in [3.05, 3.63) is 34.3 Å². The van der Waals surface area contributed by atoms with Crippen molar-refractivity contribution in [3.63, 3.8) is 0 Å². The van der Waals surface area contributed by atoms with Crippen LogP contribution < -0.4 is 0 Å². The Morgan fingerprint density at radius 1 is 1.40 bits per heavy atom. The number of aliphatic hydroxyl groups excluding tert-OH is 1. The molecule has 4 heteroatoms. The van der Waals surface area contributed by atoms with Crippen molar-refractivity contribution in [2.45, 2.75) is 44.7 Å². The van der Waals surface area contributed by atoms with Gasteiger partial charge in [-0.15, -0.1) is 0 Å². The van der Waals surface area contributed by atoms with Crippen LogP contribution in [0.25, 0.3) is 0 Å². The average molecular weight is 340 g/mol. The number of nitrogens with zero attached hydrogens (tertiary/aromatic N) is 1. The molecule has 2 rings (SSSR count). The topological polar surface area (TPSA) is 40.5 Å². The maximum atomic E-state index is 12.6. The molecule has 2 atom stereocenters. The van der Waals surface area contributed by atoms with Gasteiger partial charge >= 0.3 is 0 Å². The molecular weight excluding hydrogens is 318 g/mol. The van der Waals surface area contributed by atoms with Crippen molar-refractivity contribution in [3.8, 4) is 0 Å². The van der Waals surface area contributed by atoms with Crippen LogP contribution in [0.1, 0.15) is 43.0 Å². The van der Waals surface area contributed by atoms with E-state index >= 15 is 0 Å². The minimum Gasteiger partial charge on any atom is -0.396 e. The number of piperidine rings is 1. The van der Waals surface area contributed by atoms with Crippen LogP contribution in [-0.2, 0) is 0 Å². The third-order valence-corrected chi connectivity index (χ3v) is 4.67. The zero-order valence-electron chi connectivity index (χ0n) is 11.9. The van der Waals surface area contributed by atoms with Crippen LogP contribution in [0, 0.1) is 0 Å². The summed E-state index contributed by atoms with van der Waals surface area (Å²) in [5.74, 6) is 0.169. The monoisotopic (exact) mass is 339 g/mol. The SMILES string of the molecule is CC(C(=O)c1ccc(Br)cc1)N1CCCCC1CCO. The van der Waals surface area contributed by atoms with E-state index in [2.05, 4.69) is 20.8 Å². The summed E-state index contributed by atoms with van der Waals surface area (Å²) in [6.07, 6.45) is 4.18. The first kappa shape index (κ1) is 15.7. The normalized spacial score (nSPS) is 21.6. The predicted octanol–water partition coefficient (Wildman–Crippen LogP) is 3.26. The third kappa shape index (κ3) is 3.68. The number of likely N-dealkylation sites (tertiary alicyclic amines) is 1. The van der Waals surface area contributed by atoms with Crippen LogP contribution in [0.4, 0.5) is 0 Å². The lowest BCUT2D eigenvalue weighted by atomic mass is 9.95. The maximum absolute atomic E-state index is 12.6. The van der Waals surface area contributed by atoms with E-state index in [1.165, 1.54) is 6.42 Å². The van der Waals surface area contributed by atoms with Crippen molar-refractivity contribution in [1.82, 2.24) is 4.90 Å². The van der Waals surface area contributed by atoms with Crippen LogP contribution in [0.15, 0.2) is 28.7 Å². The highest BCUT2D eigenvalue weighted by Gasteiger charge is 2.30. The van der Waals surface area contributed by atoms with Gasteiger partial charge in [0.05, 0.1) is 6.04 Å². The number of ketones is 1. The minimum atomic E-state index is -0.118. The smallest absolute Gasteiger partial charge is 0.179 e. The highest BCUT2D eigenvalue weighted by molar-refractivity contribution is 9.10. The van der Waals surface area contributed by atoms with Crippen LogP contribution in [0.5, 0.6) is 0 Å².